The highest BCUT2D eigenvalue weighted by atomic mass is 19.4. The Kier molecular flexibility index (Phi) is 6.34. The van der Waals surface area contributed by atoms with Crippen molar-refractivity contribution >= 4 is 11.5 Å². The molecule has 1 fully saturated rings. The maximum absolute atomic E-state index is 13.5. The molecule has 1 aliphatic carbocycles. The lowest BCUT2D eigenvalue weighted by atomic mass is 9.93. The number of anilines is 1. The minimum atomic E-state index is -4.51. The smallest absolute Gasteiger partial charge is 0.416 e. The van der Waals surface area contributed by atoms with Crippen molar-refractivity contribution in [2.24, 2.45) is 0 Å². The summed E-state index contributed by atoms with van der Waals surface area (Å²) in [7, 11) is 0. The lowest BCUT2D eigenvalue weighted by molar-refractivity contribution is -0.137. The molecule has 35 heavy (non-hydrogen) atoms. The molecule has 5 rings (SSSR count). The second-order valence-electron chi connectivity index (χ2n) is 8.72. The summed E-state index contributed by atoms with van der Waals surface area (Å²) < 4.78 is 48.1. The largest absolute Gasteiger partial charge is 0.488 e. The van der Waals surface area contributed by atoms with Gasteiger partial charge in [0.1, 0.15) is 18.1 Å². The van der Waals surface area contributed by atoms with Gasteiger partial charge >= 0.3 is 6.18 Å². The molecule has 0 radical (unpaired) electrons. The summed E-state index contributed by atoms with van der Waals surface area (Å²) in [4.78, 5) is 0. The molecule has 0 aliphatic heterocycles. The van der Waals surface area contributed by atoms with E-state index >= 15 is 0 Å². The van der Waals surface area contributed by atoms with E-state index in [1.54, 1.807) is 10.6 Å². The predicted octanol–water partition coefficient (Wildman–Crippen LogP) is 5.71. The Balaban J connectivity index is 1.52. The van der Waals surface area contributed by atoms with Gasteiger partial charge in [-0.2, -0.15) is 13.2 Å². The first kappa shape index (κ1) is 23.2. The SMILES string of the molecule is O[C@@H]1CCCC[C@H]1Nc1nnc(-c2ccc(C(F)(F)F)cc2OCc2ccccc2)c2cccn12. The van der Waals surface area contributed by atoms with Gasteiger partial charge in [-0.05, 0) is 48.7 Å². The average molecular weight is 483 g/mol. The summed E-state index contributed by atoms with van der Waals surface area (Å²) in [6.45, 7) is 0.110. The summed E-state index contributed by atoms with van der Waals surface area (Å²) in [5.74, 6) is 0.544. The molecule has 2 heterocycles. The predicted molar refractivity (Wildman–Crippen MR) is 126 cm³/mol. The second kappa shape index (κ2) is 9.58. The van der Waals surface area contributed by atoms with Crippen molar-refractivity contribution in [3.63, 3.8) is 0 Å². The highest BCUT2D eigenvalue weighted by molar-refractivity contribution is 5.81. The Hall–Kier alpha value is -3.59. The minimum absolute atomic E-state index is 0.0736. The first-order valence-corrected chi connectivity index (χ1v) is 11.6. The van der Waals surface area contributed by atoms with Gasteiger partial charge in [-0.15, -0.1) is 10.2 Å². The number of hydrogen-bond donors (Lipinski definition) is 2. The van der Waals surface area contributed by atoms with Crippen LogP contribution in [-0.2, 0) is 12.8 Å². The van der Waals surface area contributed by atoms with Gasteiger partial charge in [0.25, 0.3) is 0 Å². The number of nitrogens with one attached hydrogen (secondary N) is 1. The molecule has 2 N–H and O–H groups in total. The molecular formula is C26H25F3N4O2. The van der Waals surface area contributed by atoms with Gasteiger partial charge in [-0.3, -0.25) is 4.40 Å². The van der Waals surface area contributed by atoms with Crippen molar-refractivity contribution in [3.8, 4) is 17.0 Å². The Labute approximate surface area is 200 Å². The third-order valence-corrected chi connectivity index (χ3v) is 6.31. The van der Waals surface area contributed by atoms with Crippen molar-refractivity contribution in [3.05, 3.63) is 78.0 Å². The van der Waals surface area contributed by atoms with Gasteiger partial charge in [0.15, 0.2) is 0 Å². The first-order chi connectivity index (χ1) is 16.9. The van der Waals surface area contributed by atoms with Crippen molar-refractivity contribution < 1.29 is 23.0 Å². The third-order valence-electron chi connectivity index (χ3n) is 6.31. The van der Waals surface area contributed by atoms with Gasteiger partial charge in [0.2, 0.25) is 5.95 Å². The summed E-state index contributed by atoms with van der Waals surface area (Å²) >= 11 is 0. The number of rotatable bonds is 6. The molecular weight excluding hydrogens is 457 g/mol. The van der Waals surface area contributed by atoms with Gasteiger partial charge < -0.3 is 15.2 Å². The third kappa shape index (κ3) is 4.95. The topological polar surface area (TPSA) is 71.7 Å². The zero-order chi connectivity index (χ0) is 24.4. The van der Waals surface area contributed by atoms with E-state index in [9.17, 15) is 18.3 Å². The number of aliphatic hydroxyl groups excluding tert-OH is 1. The van der Waals surface area contributed by atoms with E-state index in [0.29, 0.717) is 22.7 Å². The van der Waals surface area contributed by atoms with E-state index in [4.69, 9.17) is 4.74 Å². The highest BCUT2D eigenvalue weighted by Gasteiger charge is 2.32. The van der Waals surface area contributed by atoms with Gasteiger partial charge in [-0.25, -0.2) is 0 Å². The average Bonchev–Trinajstić information content (AvgIpc) is 3.35. The van der Waals surface area contributed by atoms with Gasteiger partial charge in [0, 0.05) is 11.8 Å². The number of fused-ring (bicyclic) bond motifs is 1. The molecule has 9 heteroatoms. The fourth-order valence-corrected chi connectivity index (χ4v) is 4.44. The molecule has 0 spiro atoms. The van der Waals surface area contributed by atoms with E-state index in [1.807, 2.05) is 42.5 Å². The number of aliphatic hydroxyl groups is 1. The zero-order valence-electron chi connectivity index (χ0n) is 18.9. The van der Waals surface area contributed by atoms with Crippen LogP contribution in [0.2, 0.25) is 0 Å². The van der Waals surface area contributed by atoms with Crippen molar-refractivity contribution in [2.75, 3.05) is 5.32 Å². The lowest BCUT2D eigenvalue weighted by Crippen LogP contribution is -2.37. The van der Waals surface area contributed by atoms with Crippen LogP contribution in [0.1, 0.15) is 36.8 Å². The zero-order valence-corrected chi connectivity index (χ0v) is 18.9. The maximum Gasteiger partial charge on any atom is 0.416 e. The fourth-order valence-electron chi connectivity index (χ4n) is 4.44. The van der Waals surface area contributed by atoms with E-state index < -0.39 is 17.8 Å². The van der Waals surface area contributed by atoms with Crippen molar-refractivity contribution in [1.82, 2.24) is 14.6 Å². The molecule has 4 aromatic rings. The van der Waals surface area contributed by atoms with Crippen LogP contribution in [0.3, 0.4) is 0 Å². The lowest BCUT2D eigenvalue weighted by Gasteiger charge is -2.28. The van der Waals surface area contributed by atoms with Crippen LogP contribution < -0.4 is 10.1 Å². The molecule has 1 saturated carbocycles. The quantitative estimate of drug-likeness (QED) is 0.368. The monoisotopic (exact) mass is 482 g/mol. The summed E-state index contributed by atoms with van der Waals surface area (Å²) in [6.07, 6.45) is 0.387. The normalized spacial score (nSPS) is 18.5. The second-order valence-corrected chi connectivity index (χ2v) is 8.72. The minimum Gasteiger partial charge on any atom is -0.488 e. The molecule has 2 aromatic carbocycles. The Morgan fingerprint density at radius 3 is 2.57 bits per heavy atom. The van der Waals surface area contributed by atoms with Gasteiger partial charge in [-0.1, -0.05) is 43.2 Å². The number of benzene rings is 2. The van der Waals surface area contributed by atoms with Gasteiger partial charge in [0.05, 0.1) is 23.2 Å². The maximum atomic E-state index is 13.5. The molecule has 0 unspecified atom stereocenters. The number of alkyl halides is 3. The van der Waals surface area contributed by atoms with Crippen LogP contribution >= 0.6 is 0 Å². The Morgan fingerprint density at radius 1 is 1.00 bits per heavy atom. The molecule has 182 valence electrons. The van der Waals surface area contributed by atoms with Crippen LogP contribution in [0, 0.1) is 0 Å². The molecule has 1 aliphatic rings. The van der Waals surface area contributed by atoms with Crippen LogP contribution in [0.15, 0.2) is 66.9 Å². The summed E-state index contributed by atoms with van der Waals surface area (Å²) in [5.41, 5.74) is 1.52. The van der Waals surface area contributed by atoms with Crippen LogP contribution in [0.4, 0.5) is 19.1 Å². The van der Waals surface area contributed by atoms with Crippen LogP contribution in [0.5, 0.6) is 5.75 Å². The summed E-state index contributed by atoms with van der Waals surface area (Å²) in [6, 6.07) is 16.2. The van der Waals surface area contributed by atoms with Crippen LogP contribution in [-0.4, -0.2) is 31.9 Å². The van der Waals surface area contributed by atoms with Crippen molar-refractivity contribution in [2.45, 2.75) is 50.6 Å². The highest BCUT2D eigenvalue weighted by Crippen LogP contribution is 2.38. The number of ether oxygens (including phenoxy) is 1. The number of nitrogens with zero attached hydrogens (tertiary/aromatic N) is 3. The standard InChI is InChI=1S/C26H25F3N4O2/c27-26(28,29)18-12-13-19(23(15-18)35-16-17-7-2-1-3-8-17)24-21-10-6-14-33(21)25(32-31-24)30-20-9-4-5-11-22(20)34/h1-3,6-8,10,12-15,20,22,34H,4-5,9,11,16H2,(H,30,32)/t20-,22-/m1/s1. The molecule has 0 bridgehead atoms. The first-order valence-electron chi connectivity index (χ1n) is 11.6. The fraction of sp³-hybridized carbons (Fsp3) is 0.308. The number of aromatic nitrogens is 3. The van der Waals surface area contributed by atoms with E-state index in [0.717, 1.165) is 43.4 Å². The molecule has 0 amide bonds. The molecule has 2 aromatic heterocycles. The van der Waals surface area contributed by atoms with E-state index in [1.165, 1.54) is 6.07 Å². The van der Waals surface area contributed by atoms with E-state index in [2.05, 4.69) is 15.5 Å². The summed E-state index contributed by atoms with van der Waals surface area (Å²) in [5, 5.41) is 22.3. The molecule has 2 atom stereocenters. The molecule has 0 saturated heterocycles. The number of halogens is 3. The van der Waals surface area contributed by atoms with E-state index in [-0.39, 0.29) is 18.4 Å². The van der Waals surface area contributed by atoms with Crippen molar-refractivity contribution in [1.29, 1.82) is 0 Å². The molecule has 6 nitrogen and oxygen atoms in total. The Bertz CT molecular complexity index is 1310. The van der Waals surface area contributed by atoms with Crippen LogP contribution in [0.25, 0.3) is 16.8 Å². The Morgan fingerprint density at radius 2 is 1.80 bits per heavy atom. The number of hydrogen-bond acceptors (Lipinski definition) is 5.